The first-order valence-corrected chi connectivity index (χ1v) is 10.00. The molecule has 0 saturated carbocycles. The minimum Gasteiger partial charge on any atom is -0.434 e. The normalized spacial score (nSPS) is 10.6. The lowest BCUT2D eigenvalue weighted by Gasteiger charge is -2.11. The van der Waals surface area contributed by atoms with Gasteiger partial charge in [0.25, 0.3) is 0 Å². The van der Waals surface area contributed by atoms with Gasteiger partial charge in [0.15, 0.2) is 0 Å². The van der Waals surface area contributed by atoms with Crippen LogP contribution in [0.25, 0.3) is 11.1 Å². The van der Waals surface area contributed by atoms with Gasteiger partial charge in [0, 0.05) is 11.3 Å². The molecule has 2 aromatic rings. The summed E-state index contributed by atoms with van der Waals surface area (Å²) in [5.41, 5.74) is 8.23. The highest BCUT2D eigenvalue weighted by atomic mass is 16.7. The zero-order chi connectivity index (χ0) is 19.3. The molecule has 4 heteroatoms. The first-order chi connectivity index (χ1) is 13.2. The monoisotopic (exact) mass is 369 g/mol. The van der Waals surface area contributed by atoms with Crippen molar-refractivity contribution in [2.75, 3.05) is 12.3 Å². The van der Waals surface area contributed by atoms with Crippen molar-refractivity contribution in [2.24, 2.45) is 0 Å². The van der Waals surface area contributed by atoms with Crippen LogP contribution in [0, 0.1) is 0 Å². The Morgan fingerprint density at radius 2 is 1.56 bits per heavy atom. The van der Waals surface area contributed by atoms with E-state index < -0.39 is 6.16 Å². The molecule has 27 heavy (non-hydrogen) atoms. The molecule has 0 aliphatic carbocycles. The first-order valence-electron chi connectivity index (χ1n) is 10.00. The molecule has 0 amide bonds. The molecule has 0 spiro atoms. The third kappa shape index (κ3) is 7.73. The van der Waals surface area contributed by atoms with Crippen molar-refractivity contribution in [3.8, 4) is 16.9 Å². The maximum Gasteiger partial charge on any atom is 0.513 e. The average molecular weight is 370 g/mol. The summed E-state index contributed by atoms with van der Waals surface area (Å²) in [6.07, 6.45) is 8.96. The Bertz CT molecular complexity index is 685. The molecule has 0 heterocycles. The van der Waals surface area contributed by atoms with Gasteiger partial charge in [-0.1, -0.05) is 82.2 Å². The Balaban J connectivity index is 1.75. The highest BCUT2D eigenvalue weighted by Crippen LogP contribution is 2.32. The number of carbonyl (C=O) groups is 1. The van der Waals surface area contributed by atoms with E-state index in [2.05, 4.69) is 6.92 Å². The average Bonchev–Trinajstić information content (AvgIpc) is 2.69. The van der Waals surface area contributed by atoms with Crippen LogP contribution in [-0.2, 0) is 4.74 Å². The molecule has 4 nitrogen and oxygen atoms in total. The van der Waals surface area contributed by atoms with E-state index in [1.807, 2.05) is 30.3 Å². The lowest BCUT2D eigenvalue weighted by molar-refractivity contribution is 0.0974. The van der Waals surface area contributed by atoms with E-state index in [4.69, 9.17) is 15.2 Å². The molecule has 0 radical (unpaired) electrons. The minimum absolute atomic E-state index is 0.392. The van der Waals surface area contributed by atoms with Crippen LogP contribution in [0.5, 0.6) is 5.75 Å². The quantitative estimate of drug-likeness (QED) is 0.210. The highest BCUT2D eigenvalue weighted by molar-refractivity contribution is 5.77. The topological polar surface area (TPSA) is 61.5 Å². The SMILES string of the molecule is CCCCCCCCCCOC(=O)Oc1ccc(N)cc1-c1ccccc1. The number of nitrogen functional groups attached to an aromatic ring is 1. The predicted octanol–water partition coefficient (Wildman–Crippen LogP) is 6.59. The van der Waals surface area contributed by atoms with Crippen molar-refractivity contribution in [1.29, 1.82) is 0 Å². The molecule has 2 N–H and O–H groups in total. The molecule has 0 bridgehead atoms. The number of hydrogen-bond donors (Lipinski definition) is 1. The van der Waals surface area contributed by atoms with Crippen LogP contribution in [0.1, 0.15) is 58.3 Å². The second kappa shape index (κ2) is 12.0. The van der Waals surface area contributed by atoms with Crippen LogP contribution < -0.4 is 10.5 Å². The third-order valence-corrected chi connectivity index (χ3v) is 4.50. The molecule has 0 aliphatic heterocycles. The van der Waals surface area contributed by atoms with E-state index in [-0.39, 0.29) is 0 Å². The number of carbonyl (C=O) groups excluding carboxylic acids is 1. The Hall–Kier alpha value is -2.49. The summed E-state index contributed by atoms with van der Waals surface area (Å²) in [6, 6.07) is 14.9. The molecule has 0 unspecified atom stereocenters. The summed E-state index contributed by atoms with van der Waals surface area (Å²) < 4.78 is 10.6. The summed E-state index contributed by atoms with van der Waals surface area (Å²) in [4.78, 5) is 12.0. The molecule has 146 valence electrons. The molecule has 2 aromatic carbocycles. The maximum absolute atomic E-state index is 12.0. The second-order valence-corrected chi connectivity index (χ2v) is 6.80. The molecule has 2 rings (SSSR count). The molecular weight excluding hydrogens is 338 g/mol. The predicted molar refractivity (Wildman–Crippen MR) is 111 cm³/mol. The summed E-state index contributed by atoms with van der Waals surface area (Å²) in [5, 5.41) is 0. The number of ether oxygens (including phenoxy) is 2. The Labute approximate surface area is 162 Å². The molecule has 0 aromatic heterocycles. The van der Waals surface area contributed by atoms with Gasteiger partial charge < -0.3 is 15.2 Å². The Morgan fingerprint density at radius 3 is 2.26 bits per heavy atom. The van der Waals surface area contributed by atoms with Crippen LogP contribution in [0.2, 0.25) is 0 Å². The van der Waals surface area contributed by atoms with Crippen molar-refractivity contribution >= 4 is 11.8 Å². The number of rotatable bonds is 11. The van der Waals surface area contributed by atoms with Crippen LogP contribution in [0.3, 0.4) is 0 Å². The fraction of sp³-hybridized carbons (Fsp3) is 0.435. The molecule has 0 saturated heterocycles. The van der Waals surface area contributed by atoms with Gasteiger partial charge in [-0.15, -0.1) is 0 Å². The van der Waals surface area contributed by atoms with Gasteiger partial charge in [-0.25, -0.2) is 4.79 Å². The van der Waals surface area contributed by atoms with Crippen LogP contribution in [-0.4, -0.2) is 12.8 Å². The maximum atomic E-state index is 12.0. The number of nitrogens with two attached hydrogens (primary N) is 1. The zero-order valence-electron chi connectivity index (χ0n) is 16.3. The molecule has 0 fully saturated rings. The van der Waals surface area contributed by atoms with Gasteiger partial charge in [-0.2, -0.15) is 0 Å². The number of benzene rings is 2. The van der Waals surface area contributed by atoms with E-state index in [1.165, 1.54) is 38.5 Å². The molecule has 0 aliphatic rings. The van der Waals surface area contributed by atoms with Crippen molar-refractivity contribution in [3.63, 3.8) is 0 Å². The van der Waals surface area contributed by atoms with Crippen molar-refractivity contribution < 1.29 is 14.3 Å². The van der Waals surface area contributed by atoms with E-state index in [1.54, 1.807) is 18.2 Å². The smallest absolute Gasteiger partial charge is 0.434 e. The molecular formula is C23H31NO3. The zero-order valence-corrected chi connectivity index (χ0v) is 16.3. The Morgan fingerprint density at radius 1 is 0.889 bits per heavy atom. The van der Waals surface area contributed by atoms with E-state index >= 15 is 0 Å². The van der Waals surface area contributed by atoms with Gasteiger partial charge in [0.1, 0.15) is 5.75 Å². The summed E-state index contributed by atoms with van der Waals surface area (Å²) >= 11 is 0. The number of hydrogen-bond acceptors (Lipinski definition) is 4. The summed E-state index contributed by atoms with van der Waals surface area (Å²) in [6.45, 7) is 2.62. The summed E-state index contributed by atoms with van der Waals surface area (Å²) in [7, 11) is 0. The minimum atomic E-state index is -0.667. The van der Waals surface area contributed by atoms with Gasteiger partial charge >= 0.3 is 6.16 Å². The molecule has 0 atom stereocenters. The third-order valence-electron chi connectivity index (χ3n) is 4.50. The van der Waals surface area contributed by atoms with Crippen LogP contribution >= 0.6 is 0 Å². The van der Waals surface area contributed by atoms with Crippen molar-refractivity contribution in [3.05, 3.63) is 48.5 Å². The fourth-order valence-electron chi connectivity index (χ4n) is 2.99. The number of unbranched alkanes of at least 4 members (excludes halogenated alkanes) is 7. The first kappa shape index (κ1) is 20.8. The van der Waals surface area contributed by atoms with Crippen molar-refractivity contribution in [2.45, 2.75) is 58.3 Å². The Kier molecular flexibility index (Phi) is 9.25. The number of anilines is 1. The largest absolute Gasteiger partial charge is 0.513 e. The second-order valence-electron chi connectivity index (χ2n) is 6.80. The van der Waals surface area contributed by atoms with Crippen molar-refractivity contribution in [1.82, 2.24) is 0 Å². The van der Waals surface area contributed by atoms with E-state index in [0.717, 1.165) is 24.0 Å². The lowest BCUT2D eigenvalue weighted by Crippen LogP contribution is -2.12. The lowest BCUT2D eigenvalue weighted by atomic mass is 10.0. The van der Waals surface area contributed by atoms with Gasteiger partial charge in [-0.3, -0.25) is 0 Å². The summed E-state index contributed by atoms with van der Waals surface area (Å²) in [5.74, 6) is 0.455. The van der Waals surface area contributed by atoms with Crippen LogP contribution in [0.4, 0.5) is 10.5 Å². The fourth-order valence-corrected chi connectivity index (χ4v) is 2.99. The highest BCUT2D eigenvalue weighted by Gasteiger charge is 2.12. The van der Waals surface area contributed by atoms with E-state index in [0.29, 0.717) is 18.0 Å². The van der Waals surface area contributed by atoms with Gasteiger partial charge in [0.2, 0.25) is 0 Å². The van der Waals surface area contributed by atoms with E-state index in [9.17, 15) is 4.79 Å². The van der Waals surface area contributed by atoms with Gasteiger partial charge in [-0.05, 0) is 30.2 Å². The van der Waals surface area contributed by atoms with Gasteiger partial charge in [0.05, 0.1) is 6.61 Å². The standard InChI is InChI=1S/C23H31NO3/c1-2-3-4-5-6-7-8-12-17-26-23(25)27-22-16-15-20(24)18-21(22)19-13-10-9-11-14-19/h9-11,13-16,18H,2-8,12,17,24H2,1H3. The van der Waals surface area contributed by atoms with Crippen LogP contribution in [0.15, 0.2) is 48.5 Å².